The van der Waals surface area contributed by atoms with Crippen molar-refractivity contribution in [3.63, 3.8) is 0 Å². The quantitative estimate of drug-likeness (QED) is 0.872. The molecule has 0 fully saturated rings. The number of carboxylic acid groups (broad SMARTS) is 1. The highest BCUT2D eigenvalue weighted by molar-refractivity contribution is 5.73. The van der Waals surface area contributed by atoms with Crippen molar-refractivity contribution < 1.29 is 23.1 Å². The Kier molecular flexibility index (Phi) is 5.38. The van der Waals surface area contributed by atoms with E-state index in [2.05, 4.69) is 0 Å². The molecule has 0 unspecified atom stereocenters. The molecule has 7 heteroatoms. The third-order valence-electron chi connectivity index (χ3n) is 2.70. The number of halogens is 3. The van der Waals surface area contributed by atoms with Gasteiger partial charge in [0.2, 0.25) is 0 Å². The van der Waals surface area contributed by atoms with E-state index in [9.17, 15) is 18.0 Å². The molecule has 20 heavy (non-hydrogen) atoms. The molecule has 0 saturated heterocycles. The van der Waals surface area contributed by atoms with Crippen molar-refractivity contribution in [3.05, 3.63) is 29.8 Å². The first-order valence-corrected chi connectivity index (χ1v) is 5.99. The summed E-state index contributed by atoms with van der Waals surface area (Å²) in [6, 6.07) is 4.50. The molecule has 1 aromatic carbocycles. The first-order valence-electron chi connectivity index (χ1n) is 5.99. The molecule has 0 bridgehead atoms. The number of alkyl halides is 3. The van der Waals surface area contributed by atoms with Crippen LogP contribution in [-0.4, -0.2) is 49.7 Å². The Morgan fingerprint density at radius 2 is 1.70 bits per heavy atom. The highest BCUT2D eigenvalue weighted by Crippen LogP contribution is 2.30. The number of aliphatic carboxylic acids is 1. The maximum Gasteiger partial charge on any atom is 0.416 e. The van der Waals surface area contributed by atoms with Gasteiger partial charge in [0.05, 0.1) is 5.56 Å². The van der Waals surface area contributed by atoms with E-state index < -0.39 is 17.7 Å². The van der Waals surface area contributed by atoms with E-state index in [-0.39, 0.29) is 6.54 Å². The smallest absolute Gasteiger partial charge is 0.416 e. The summed E-state index contributed by atoms with van der Waals surface area (Å²) in [4.78, 5) is 14.2. The van der Waals surface area contributed by atoms with Crippen LogP contribution < -0.4 is 4.90 Å². The summed E-state index contributed by atoms with van der Waals surface area (Å²) in [7, 11) is 3.68. The molecule has 0 saturated carbocycles. The van der Waals surface area contributed by atoms with Crippen LogP contribution in [-0.2, 0) is 11.0 Å². The van der Waals surface area contributed by atoms with Gasteiger partial charge in [0.15, 0.2) is 0 Å². The van der Waals surface area contributed by atoms with E-state index in [1.807, 2.05) is 19.0 Å². The second kappa shape index (κ2) is 6.60. The van der Waals surface area contributed by atoms with E-state index in [0.717, 1.165) is 12.1 Å². The van der Waals surface area contributed by atoms with E-state index in [0.29, 0.717) is 18.8 Å². The van der Waals surface area contributed by atoms with Gasteiger partial charge in [-0.25, -0.2) is 0 Å². The molecular weight excluding hydrogens is 273 g/mol. The Morgan fingerprint density at radius 3 is 2.10 bits per heavy atom. The lowest BCUT2D eigenvalue weighted by Crippen LogP contribution is -2.35. The van der Waals surface area contributed by atoms with Crippen LogP contribution in [0.15, 0.2) is 24.3 Å². The van der Waals surface area contributed by atoms with Crippen molar-refractivity contribution in [3.8, 4) is 0 Å². The molecule has 0 heterocycles. The average Bonchev–Trinajstić information content (AvgIpc) is 2.33. The zero-order valence-corrected chi connectivity index (χ0v) is 11.3. The molecule has 4 nitrogen and oxygen atoms in total. The number of hydrogen-bond donors (Lipinski definition) is 1. The lowest BCUT2D eigenvalue weighted by molar-refractivity contribution is -0.138. The highest BCUT2D eigenvalue weighted by atomic mass is 19.4. The predicted octanol–water partition coefficient (Wildman–Crippen LogP) is 2.16. The van der Waals surface area contributed by atoms with Crippen molar-refractivity contribution in [2.24, 2.45) is 0 Å². The van der Waals surface area contributed by atoms with Crippen LogP contribution in [0.4, 0.5) is 18.9 Å². The number of benzene rings is 1. The molecule has 0 amide bonds. The van der Waals surface area contributed by atoms with Crippen LogP contribution >= 0.6 is 0 Å². The largest absolute Gasteiger partial charge is 0.480 e. The third kappa shape index (κ3) is 5.08. The lowest BCUT2D eigenvalue weighted by Gasteiger charge is -2.25. The zero-order chi connectivity index (χ0) is 15.3. The van der Waals surface area contributed by atoms with Crippen LogP contribution in [0, 0.1) is 0 Å². The number of rotatable bonds is 6. The third-order valence-corrected chi connectivity index (χ3v) is 2.70. The molecule has 0 aliphatic carbocycles. The van der Waals surface area contributed by atoms with Crippen LogP contribution in [0.25, 0.3) is 0 Å². The van der Waals surface area contributed by atoms with Gasteiger partial charge >= 0.3 is 12.1 Å². The second-order valence-corrected chi connectivity index (χ2v) is 4.66. The van der Waals surface area contributed by atoms with Gasteiger partial charge in [-0.05, 0) is 38.4 Å². The second-order valence-electron chi connectivity index (χ2n) is 4.66. The summed E-state index contributed by atoms with van der Waals surface area (Å²) in [5.74, 6) is -1.02. The SMILES string of the molecule is CN(C)CCN(CC(=O)O)c1ccc(C(F)(F)F)cc1. The number of nitrogens with zero attached hydrogens (tertiary/aromatic N) is 2. The van der Waals surface area contributed by atoms with Gasteiger partial charge in [0.25, 0.3) is 0 Å². The summed E-state index contributed by atoms with van der Waals surface area (Å²) in [6.45, 7) is 0.776. The molecule has 0 atom stereocenters. The maximum atomic E-state index is 12.5. The molecule has 0 aliphatic rings. The first-order chi connectivity index (χ1) is 9.20. The Hall–Kier alpha value is -1.76. The molecule has 0 spiro atoms. The summed E-state index contributed by atoms with van der Waals surface area (Å²) in [5, 5.41) is 8.86. The average molecular weight is 290 g/mol. The molecule has 112 valence electrons. The zero-order valence-electron chi connectivity index (χ0n) is 11.3. The Bertz CT molecular complexity index is 444. The van der Waals surface area contributed by atoms with Gasteiger partial charge in [-0.15, -0.1) is 0 Å². The Labute approximate surface area is 115 Å². The monoisotopic (exact) mass is 290 g/mol. The fourth-order valence-electron chi connectivity index (χ4n) is 1.64. The van der Waals surface area contributed by atoms with Crippen molar-refractivity contribution in [2.75, 3.05) is 38.6 Å². The maximum absolute atomic E-state index is 12.5. The van der Waals surface area contributed by atoms with Gasteiger partial charge in [0, 0.05) is 18.8 Å². The number of carboxylic acids is 1. The molecular formula is C13H17F3N2O2. The Balaban J connectivity index is 2.87. The van der Waals surface area contributed by atoms with Gasteiger partial charge in [-0.2, -0.15) is 13.2 Å². The van der Waals surface area contributed by atoms with Crippen molar-refractivity contribution in [1.29, 1.82) is 0 Å². The fourth-order valence-corrected chi connectivity index (χ4v) is 1.64. The van der Waals surface area contributed by atoms with Crippen LogP contribution in [0.2, 0.25) is 0 Å². The van der Waals surface area contributed by atoms with Crippen molar-refractivity contribution >= 4 is 11.7 Å². The molecule has 1 N–H and O–H groups in total. The summed E-state index contributed by atoms with van der Waals surface area (Å²) >= 11 is 0. The molecule has 0 aliphatic heterocycles. The van der Waals surface area contributed by atoms with Gasteiger partial charge in [-0.3, -0.25) is 4.79 Å². The van der Waals surface area contributed by atoms with E-state index in [1.165, 1.54) is 17.0 Å². The fraction of sp³-hybridized carbons (Fsp3) is 0.462. The molecule has 0 radical (unpaired) electrons. The van der Waals surface area contributed by atoms with E-state index >= 15 is 0 Å². The van der Waals surface area contributed by atoms with Crippen LogP contribution in [0.3, 0.4) is 0 Å². The van der Waals surface area contributed by atoms with Crippen molar-refractivity contribution in [1.82, 2.24) is 4.90 Å². The molecule has 1 aromatic rings. The van der Waals surface area contributed by atoms with Crippen LogP contribution in [0.1, 0.15) is 5.56 Å². The minimum absolute atomic E-state index is 0.251. The van der Waals surface area contributed by atoms with Gasteiger partial charge in [0.1, 0.15) is 6.54 Å². The first kappa shape index (κ1) is 16.3. The predicted molar refractivity (Wildman–Crippen MR) is 69.8 cm³/mol. The lowest BCUT2D eigenvalue weighted by atomic mass is 10.2. The van der Waals surface area contributed by atoms with E-state index in [4.69, 9.17) is 5.11 Å². The summed E-state index contributed by atoms with van der Waals surface area (Å²) < 4.78 is 37.4. The topological polar surface area (TPSA) is 43.8 Å². The van der Waals surface area contributed by atoms with Crippen LogP contribution in [0.5, 0.6) is 0 Å². The van der Waals surface area contributed by atoms with E-state index in [1.54, 1.807) is 0 Å². The molecule has 0 aromatic heterocycles. The molecule has 1 rings (SSSR count). The standard InChI is InChI=1S/C13H17F3N2O2/c1-17(2)7-8-18(9-12(19)20)11-5-3-10(4-6-11)13(14,15)16/h3-6H,7-9H2,1-2H3,(H,19,20). The van der Waals surface area contributed by atoms with Gasteiger partial charge in [-0.1, -0.05) is 0 Å². The van der Waals surface area contributed by atoms with Crippen molar-refractivity contribution in [2.45, 2.75) is 6.18 Å². The summed E-state index contributed by atoms with van der Waals surface area (Å²) in [5.41, 5.74) is -0.286. The number of hydrogen-bond acceptors (Lipinski definition) is 3. The number of likely N-dealkylation sites (N-methyl/N-ethyl adjacent to an activating group) is 1. The highest BCUT2D eigenvalue weighted by Gasteiger charge is 2.30. The minimum atomic E-state index is -4.39. The normalized spacial score (nSPS) is 11.7. The number of anilines is 1. The van der Waals surface area contributed by atoms with Gasteiger partial charge < -0.3 is 14.9 Å². The minimum Gasteiger partial charge on any atom is -0.480 e. The summed E-state index contributed by atoms with van der Waals surface area (Å²) in [6.07, 6.45) is -4.39. The Morgan fingerprint density at radius 1 is 1.15 bits per heavy atom. The number of carbonyl (C=O) groups is 1.